The van der Waals surface area contributed by atoms with E-state index >= 15 is 0 Å². The van der Waals surface area contributed by atoms with Gasteiger partial charge in [0, 0.05) is 30.9 Å². The van der Waals surface area contributed by atoms with Crippen LogP contribution in [0.2, 0.25) is 5.02 Å². The normalized spacial score (nSPS) is 14.2. The van der Waals surface area contributed by atoms with Crippen molar-refractivity contribution in [1.82, 2.24) is 24.3 Å². The first-order chi connectivity index (χ1) is 15.1. The summed E-state index contributed by atoms with van der Waals surface area (Å²) in [5.74, 6) is 0.587. The van der Waals surface area contributed by atoms with Crippen LogP contribution in [0.1, 0.15) is 47.6 Å². The monoisotopic (exact) mass is 435 g/mol. The van der Waals surface area contributed by atoms with Gasteiger partial charge in [0.1, 0.15) is 11.5 Å². The molecule has 4 heterocycles. The fraction of sp³-hybridized carbons (Fsp3) is 0.304. The number of amides is 1. The van der Waals surface area contributed by atoms with Gasteiger partial charge in [-0.05, 0) is 43.2 Å². The fourth-order valence-corrected chi connectivity index (χ4v) is 4.28. The number of benzene rings is 1. The maximum absolute atomic E-state index is 12.9. The van der Waals surface area contributed by atoms with Gasteiger partial charge in [-0.15, -0.1) is 0 Å². The van der Waals surface area contributed by atoms with E-state index in [1.54, 1.807) is 35.0 Å². The Morgan fingerprint density at radius 2 is 1.94 bits per heavy atom. The molecule has 1 aromatic carbocycles. The largest absolute Gasteiger partial charge is 0.346 e. The number of carbonyl (C=O) groups excluding carboxylic acids is 1. The quantitative estimate of drug-likeness (QED) is 0.531. The minimum absolute atomic E-state index is 0.0165. The standard InChI is InChI=1S/C23H22ClN5O2/c24-16-7-9-20-26-17(14-28(20)13-16)12-25-22(30)15-6-8-18-19(11-15)27-21-5-3-1-2-4-10-29(21)23(18)31/h6-9,11,13-14H,1-5,10,12H2,(H,25,30). The van der Waals surface area contributed by atoms with Crippen molar-refractivity contribution in [3.63, 3.8) is 0 Å². The van der Waals surface area contributed by atoms with Crippen LogP contribution in [0.5, 0.6) is 0 Å². The molecule has 1 N–H and O–H groups in total. The Hall–Kier alpha value is -3.19. The molecular formula is C23H22ClN5O2. The highest BCUT2D eigenvalue weighted by Crippen LogP contribution is 2.17. The Labute approximate surface area is 183 Å². The van der Waals surface area contributed by atoms with Gasteiger partial charge in [0.2, 0.25) is 0 Å². The Kier molecular flexibility index (Phi) is 5.19. The molecule has 3 aromatic heterocycles. The van der Waals surface area contributed by atoms with E-state index in [1.807, 2.05) is 16.7 Å². The van der Waals surface area contributed by atoms with Gasteiger partial charge in [-0.1, -0.05) is 24.4 Å². The van der Waals surface area contributed by atoms with Crippen LogP contribution in [0, 0.1) is 0 Å². The van der Waals surface area contributed by atoms with Gasteiger partial charge in [-0.2, -0.15) is 0 Å². The van der Waals surface area contributed by atoms with Crippen LogP contribution in [0.15, 0.2) is 47.5 Å². The molecule has 31 heavy (non-hydrogen) atoms. The van der Waals surface area contributed by atoms with E-state index in [0.717, 1.165) is 49.3 Å². The number of nitrogens with zero attached hydrogens (tertiary/aromatic N) is 4. The van der Waals surface area contributed by atoms with E-state index in [2.05, 4.69) is 10.3 Å². The van der Waals surface area contributed by atoms with E-state index in [1.165, 1.54) is 0 Å². The van der Waals surface area contributed by atoms with E-state index < -0.39 is 0 Å². The predicted octanol–water partition coefficient (Wildman–Crippen LogP) is 3.74. The Morgan fingerprint density at radius 3 is 2.84 bits per heavy atom. The highest BCUT2D eigenvalue weighted by atomic mass is 35.5. The maximum Gasteiger partial charge on any atom is 0.261 e. The van der Waals surface area contributed by atoms with Crippen LogP contribution in [-0.2, 0) is 19.5 Å². The number of aromatic nitrogens is 4. The first-order valence-electron chi connectivity index (χ1n) is 10.5. The van der Waals surface area contributed by atoms with Crippen LogP contribution in [0.3, 0.4) is 0 Å². The molecule has 0 atom stereocenters. The van der Waals surface area contributed by atoms with Gasteiger partial charge in [0.25, 0.3) is 11.5 Å². The lowest BCUT2D eigenvalue weighted by Gasteiger charge is -2.16. The number of hydrogen-bond donors (Lipinski definition) is 1. The summed E-state index contributed by atoms with van der Waals surface area (Å²) >= 11 is 6.01. The van der Waals surface area contributed by atoms with Gasteiger partial charge in [0.15, 0.2) is 0 Å². The molecule has 0 spiro atoms. The highest BCUT2D eigenvalue weighted by Gasteiger charge is 2.15. The van der Waals surface area contributed by atoms with Crippen molar-refractivity contribution in [2.75, 3.05) is 0 Å². The molecule has 0 saturated heterocycles. The number of halogens is 1. The molecule has 158 valence electrons. The van der Waals surface area contributed by atoms with Crippen molar-refractivity contribution < 1.29 is 4.79 Å². The van der Waals surface area contributed by atoms with Crippen molar-refractivity contribution in [3.05, 3.63) is 75.2 Å². The smallest absolute Gasteiger partial charge is 0.261 e. The molecule has 1 aliphatic heterocycles. The van der Waals surface area contributed by atoms with Crippen molar-refractivity contribution in [2.24, 2.45) is 0 Å². The highest BCUT2D eigenvalue weighted by molar-refractivity contribution is 6.30. The lowest BCUT2D eigenvalue weighted by molar-refractivity contribution is 0.0950. The lowest BCUT2D eigenvalue weighted by atomic mass is 10.1. The second kappa shape index (κ2) is 8.15. The molecule has 1 amide bonds. The fourth-order valence-electron chi connectivity index (χ4n) is 4.11. The topological polar surface area (TPSA) is 81.3 Å². The minimum Gasteiger partial charge on any atom is -0.346 e. The molecule has 0 aliphatic carbocycles. The van der Waals surface area contributed by atoms with Crippen LogP contribution >= 0.6 is 11.6 Å². The predicted molar refractivity (Wildman–Crippen MR) is 120 cm³/mol. The van der Waals surface area contributed by atoms with Gasteiger partial charge in [-0.3, -0.25) is 14.2 Å². The summed E-state index contributed by atoms with van der Waals surface area (Å²) in [5, 5.41) is 4.06. The number of rotatable bonds is 3. The lowest BCUT2D eigenvalue weighted by Crippen LogP contribution is -2.27. The minimum atomic E-state index is -0.231. The molecule has 0 bridgehead atoms. The summed E-state index contributed by atoms with van der Waals surface area (Å²) in [6, 6.07) is 8.69. The number of imidazole rings is 1. The summed E-state index contributed by atoms with van der Waals surface area (Å²) in [5.41, 5.74) is 2.53. The third-order valence-corrected chi connectivity index (χ3v) is 5.95. The maximum atomic E-state index is 12.9. The third kappa shape index (κ3) is 3.93. The summed E-state index contributed by atoms with van der Waals surface area (Å²) in [6.07, 6.45) is 8.72. The molecule has 4 aromatic rings. The van der Waals surface area contributed by atoms with Gasteiger partial charge in [-0.25, -0.2) is 9.97 Å². The van der Waals surface area contributed by atoms with Crippen molar-refractivity contribution >= 4 is 34.1 Å². The number of nitrogens with one attached hydrogen (secondary N) is 1. The van der Waals surface area contributed by atoms with Crippen LogP contribution in [0.4, 0.5) is 0 Å². The first-order valence-corrected chi connectivity index (χ1v) is 10.9. The zero-order valence-corrected chi connectivity index (χ0v) is 17.7. The van der Waals surface area contributed by atoms with Crippen molar-refractivity contribution in [2.45, 2.75) is 45.2 Å². The molecule has 0 radical (unpaired) electrons. The summed E-state index contributed by atoms with van der Waals surface area (Å²) in [7, 11) is 0. The molecule has 7 nitrogen and oxygen atoms in total. The van der Waals surface area contributed by atoms with Gasteiger partial charge in [0.05, 0.1) is 28.2 Å². The molecule has 0 fully saturated rings. The van der Waals surface area contributed by atoms with Crippen molar-refractivity contribution in [1.29, 1.82) is 0 Å². The zero-order valence-electron chi connectivity index (χ0n) is 17.0. The van der Waals surface area contributed by atoms with Crippen molar-refractivity contribution in [3.8, 4) is 0 Å². The Bertz CT molecular complexity index is 1360. The van der Waals surface area contributed by atoms with Crippen LogP contribution in [0.25, 0.3) is 16.6 Å². The van der Waals surface area contributed by atoms with Gasteiger partial charge < -0.3 is 9.72 Å². The van der Waals surface area contributed by atoms with E-state index in [4.69, 9.17) is 16.6 Å². The summed E-state index contributed by atoms with van der Waals surface area (Å²) in [6.45, 7) is 1.00. The van der Waals surface area contributed by atoms with Gasteiger partial charge >= 0.3 is 0 Å². The number of fused-ring (bicyclic) bond motifs is 3. The Morgan fingerprint density at radius 1 is 1.06 bits per heavy atom. The molecule has 0 unspecified atom stereocenters. The van der Waals surface area contributed by atoms with Crippen LogP contribution in [-0.4, -0.2) is 24.8 Å². The number of aryl methyl sites for hydroxylation is 1. The van der Waals surface area contributed by atoms with E-state index in [-0.39, 0.29) is 18.0 Å². The van der Waals surface area contributed by atoms with E-state index in [0.29, 0.717) is 28.0 Å². The number of hydrogen-bond acceptors (Lipinski definition) is 4. The molecule has 1 aliphatic rings. The Balaban J connectivity index is 1.39. The molecule has 0 saturated carbocycles. The van der Waals surface area contributed by atoms with Crippen LogP contribution < -0.4 is 10.9 Å². The summed E-state index contributed by atoms with van der Waals surface area (Å²) < 4.78 is 3.63. The first kappa shape index (κ1) is 19.8. The number of pyridine rings is 1. The SMILES string of the molecule is O=C(NCc1cn2cc(Cl)ccc2n1)c1ccc2c(=O)n3c(nc2c1)CCCCCC3. The second-order valence-corrected chi connectivity index (χ2v) is 8.35. The zero-order chi connectivity index (χ0) is 21.4. The average Bonchev–Trinajstić information content (AvgIpc) is 3.15. The molecular weight excluding hydrogens is 414 g/mol. The second-order valence-electron chi connectivity index (χ2n) is 7.91. The molecule has 8 heteroatoms. The number of carbonyl (C=O) groups is 1. The third-order valence-electron chi connectivity index (χ3n) is 5.72. The molecule has 5 rings (SSSR count). The van der Waals surface area contributed by atoms with E-state index in [9.17, 15) is 9.59 Å². The summed E-state index contributed by atoms with van der Waals surface area (Å²) in [4.78, 5) is 34.9. The average molecular weight is 436 g/mol.